The molecule has 12 heteroatoms. The maximum Gasteiger partial charge on any atom is 0.247 e. The van der Waals surface area contributed by atoms with Gasteiger partial charge >= 0.3 is 0 Å². The average Bonchev–Trinajstić information content (AvgIpc) is 3.35. The summed E-state index contributed by atoms with van der Waals surface area (Å²) in [5.74, 6) is 3.64. The second-order valence-electron chi connectivity index (χ2n) is 19.4. The van der Waals surface area contributed by atoms with Gasteiger partial charge in [-0.1, -0.05) is 236 Å². The van der Waals surface area contributed by atoms with Gasteiger partial charge in [-0.3, -0.25) is 28.8 Å². The molecule has 0 spiro atoms. The van der Waals surface area contributed by atoms with E-state index in [4.69, 9.17) is 69.6 Å². The molecule has 6 nitrogen and oxygen atoms in total. The van der Waals surface area contributed by atoms with Crippen LogP contribution in [0.5, 0.6) is 0 Å². The molecule has 0 aromatic heterocycles. The number of unbranched alkanes of at least 4 members (excludes halogenated alkanes) is 3. The minimum absolute atomic E-state index is 0.334. The molecule has 5 atom stereocenters. The van der Waals surface area contributed by atoms with Crippen molar-refractivity contribution in [3.05, 3.63) is 144 Å². The van der Waals surface area contributed by atoms with Gasteiger partial charge in [0.25, 0.3) is 0 Å². The van der Waals surface area contributed by atoms with Gasteiger partial charge in [-0.05, 0) is 196 Å². The zero-order chi connectivity index (χ0) is 60.4. The van der Waals surface area contributed by atoms with Crippen LogP contribution >= 0.6 is 69.6 Å². The van der Waals surface area contributed by atoms with E-state index in [1.807, 2.05) is 74.6 Å². The van der Waals surface area contributed by atoms with E-state index in [1.54, 1.807) is 44.2 Å². The summed E-state index contributed by atoms with van der Waals surface area (Å²) < 4.78 is 0. The maximum absolute atomic E-state index is 10.7. The van der Waals surface area contributed by atoms with E-state index in [0.29, 0.717) is 34.8 Å². The summed E-state index contributed by atoms with van der Waals surface area (Å²) in [6.07, 6.45) is 53.8. The van der Waals surface area contributed by atoms with Gasteiger partial charge in [-0.15, -0.1) is 0 Å². The van der Waals surface area contributed by atoms with Crippen LogP contribution in [0.15, 0.2) is 144 Å². The number of halogens is 6. The lowest BCUT2D eigenvalue weighted by atomic mass is 9.93. The molecular weight excluding hydrogens is 1090 g/mol. The molecule has 0 aliphatic heterocycles. The molecule has 0 saturated carbocycles. The number of hydrogen-bond donors (Lipinski definition) is 0. The van der Waals surface area contributed by atoms with E-state index < -0.39 is 15.7 Å². The first-order valence-electron chi connectivity index (χ1n) is 27.4. The topological polar surface area (TPSA) is 102 Å². The zero-order valence-corrected chi connectivity index (χ0v) is 54.2. The van der Waals surface area contributed by atoms with E-state index in [-0.39, 0.29) is 15.7 Å². The monoisotopic (exact) mass is 1190 g/mol. The Morgan fingerprint density at radius 2 is 0.870 bits per heavy atom. The molecule has 77 heavy (non-hydrogen) atoms. The summed E-state index contributed by atoms with van der Waals surface area (Å²) in [6, 6.07) is 0. The first-order valence-corrected chi connectivity index (χ1v) is 29.6. The first kappa shape index (κ1) is 84.9. The largest absolute Gasteiger partial charge is 0.276 e. The Morgan fingerprint density at radius 3 is 1.29 bits per heavy atom. The minimum atomic E-state index is -0.461. The van der Waals surface area contributed by atoms with Crippen LogP contribution in [0.3, 0.4) is 0 Å². The normalized spacial score (nSPS) is 14.2. The number of rotatable bonds is 32. The van der Waals surface area contributed by atoms with Gasteiger partial charge in [0, 0.05) is 11.1 Å². The van der Waals surface area contributed by atoms with Crippen molar-refractivity contribution in [2.45, 2.75) is 194 Å². The zero-order valence-electron chi connectivity index (χ0n) is 49.7. The van der Waals surface area contributed by atoms with Crippen molar-refractivity contribution in [3.8, 4) is 0 Å². The van der Waals surface area contributed by atoms with Crippen LogP contribution in [0.1, 0.15) is 194 Å². The summed E-state index contributed by atoms with van der Waals surface area (Å²) in [5.41, 5.74) is 2.43. The SMILES string of the molecule is C/C=C/C=C/C=C/C=C/C(=O)Cl.CC(C)C/C=C/C=C/C=C/C(=O)Cl.CCC(C)CC/C=C(\C)C(=O)Cl.CCCCC(C)/C=C(C)/C=C/C(=O)Cl.CCCCC(C)/C=C(\C)C(=O)Cl.CCCCC(C)CC(C)/C=C/C(=O)Cl. The number of allylic oxidation sites excluding steroid dienone is 24. The third-order valence-electron chi connectivity index (χ3n) is 10.7. The fourth-order valence-electron chi connectivity index (χ4n) is 6.09. The highest BCUT2D eigenvalue weighted by Gasteiger charge is 2.06. The lowest BCUT2D eigenvalue weighted by Crippen LogP contribution is -2.01. The predicted molar refractivity (Wildman–Crippen MR) is 342 cm³/mol. The standard InChI is InChI=1S/C12H21ClO.C12H19ClO.C11H15ClO.2C10H17ClO.C10H11ClO/c2*1-4-5-6-10(2)9-11(3)7-8-12(13)14;1-10(2)8-6-4-3-5-7-9-11(12)13;1-4-8(2)6-5-7-9(3)10(11)12;1-4-5-6-8(2)7-9(3)10(11)12;1-2-3-4-5-6-7-8-9-10(11)12/h7-8,10-11H,4-6,9H2,1-3H3;7-10H,4-6H2,1-3H3;3-7,9-10H,8H2,1-2H3;2*7-8H,4-6H2,1-3H3;2-9H,1H3/b8-7+;8-7+,11-9+;5-3+,6-4+,9-7+;2*9-7+;3-2+,5-4+,7-6+,9-8+. The van der Waals surface area contributed by atoms with E-state index in [9.17, 15) is 28.8 Å². The van der Waals surface area contributed by atoms with Gasteiger partial charge < -0.3 is 0 Å². The third-order valence-corrected chi connectivity index (χ3v) is 11.8. The Hall–Kier alpha value is -3.36. The van der Waals surface area contributed by atoms with E-state index >= 15 is 0 Å². The Kier molecular flexibility index (Phi) is 70.0. The fraction of sp³-hybridized carbons (Fsp3) is 0.538. The van der Waals surface area contributed by atoms with Gasteiger partial charge in [0.15, 0.2) is 0 Å². The number of carbonyl (C=O) groups excluding carboxylic acids is 6. The van der Waals surface area contributed by atoms with Gasteiger partial charge in [-0.25, -0.2) is 0 Å². The second-order valence-corrected chi connectivity index (χ2v) is 21.5. The molecule has 0 amide bonds. The molecule has 0 aromatic rings. The quantitative estimate of drug-likeness (QED) is 0.0378. The van der Waals surface area contributed by atoms with Crippen molar-refractivity contribution in [2.75, 3.05) is 0 Å². The molecule has 0 N–H and O–H groups in total. The van der Waals surface area contributed by atoms with Crippen molar-refractivity contribution < 1.29 is 28.8 Å². The third kappa shape index (κ3) is 84.1. The maximum atomic E-state index is 10.7. The number of carbonyl (C=O) groups is 6. The van der Waals surface area contributed by atoms with Crippen LogP contribution in [0, 0.1) is 35.5 Å². The van der Waals surface area contributed by atoms with Crippen molar-refractivity contribution in [2.24, 2.45) is 35.5 Å². The van der Waals surface area contributed by atoms with Crippen LogP contribution in [0.4, 0.5) is 0 Å². The minimum Gasteiger partial charge on any atom is -0.276 e. The summed E-state index contributed by atoms with van der Waals surface area (Å²) in [4.78, 5) is 62.6. The molecule has 0 bridgehead atoms. The first-order chi connectivity index (χ1) is 36.2. The summed E-state index contributed by atoms with van der Waals surface area (Å²) in [6.45, 7) is 31.4. The van der Waals surface area contributed by atoms with Crippen LogP contribution < -0.4 is 0 Å². The van der Waals surface area contributed by atoms with E-state index in [0.717, 1.165) is 49.5 Å². The lowest BCUT2D eigenvalue weighted by molar-refractivity contribution is -0.109. The molecular formula is C65H100Cl6O6. The van der Waals surface area contributed by atoms with E-state index in [1.165, 1.54) is 82.1 Å². The van der Waals surface area contributed by atoms with Crippen LogP contribution in [-0.2, 0) is 28.8 Å². The predicted octanol–water partition coefficient (Wildman–Crippen LogP) is 21.8. The fourth-order valence-corrected chi connectivity index (χ4v) is 6.51. The summed E-state index contributed by atoms with van der Waals surface area (Å²) >= 11 is 31.1. The second kappa shape index (κ2) is 63.5. The highest BCUT2D eigenvalue weighted by molar-refractivity contribution is 6.68. The Labute approximate surface area is 500 Å². The molecule has 5 unspecified atom stereocenters. The van der Waals surface area contributed by atoms with Crippen molar-refractivity contribution in [1.29, 1.82) is 0 Å². The lowest BCUT2D eigenvalue weighted by Gasteiger charge is -2.13. The molecule has 0 radical (unpaired) electrons. The van der Waals surface area contributed by atoms with Crippen molar-refractivity contribution in [3.63, 3.8) is 0 Å². The molecule has 0 rings (SSSR count). The summed E-state index contributed by atoms with van der Waals surface area (Å²) in [7, 11) is 0. The van der Waals surface area contributed by atoms with Crippen LogP contribution in [-0.4, -0.2) is 31.5 Å². The Bertz CT molecular complexity index is 1920. The summed E-state index contributed by atoms with van der Waals surface area (Å²) in [5, 5.41) is -2.37. The molecule has 0 heterocycles. The highest BCUT2D eigenvalue weighted by Crippen LogP contribution is 2.19. The van der Waals surface area contributed by atoms with Gasteiger partial charge in [0.05, 0.1) is 0 Å². The average molecular weight is 1190 g/mol. The van der Waals surface area contributed by atoms with E-state index in [2.05, 4.69) is 88.3 Å². The van der Waals surface area contributed by atoms with Crippen molar-refractivity contribution in [1.82, 2.24) is 0 Å². The Morgan fingerprint density at radius 1 is 0.442 bits per heavy atom. The van der Waals surface area contributed by atoms with Gasteiger partial charge in [0.1, 0.15) is 0 Å². The van der Waals surface area contributed by atoms with Gasteiger partial charge in [-0.2, -0.15) is 0 Å². The Balaban J connectivity index is -0.000000197. The van der Waals surface area contributed by atoms with Crippen LogP contribution in [0.2, 0.25) is 0 Å². The van der Waals surface area contributed by atoms with Crippen LogP contribution in [0.25, 0.3) is 0 Å². The highest BCUT2D eigenvalue weighted by atomic mass is 35.5. The molecule has 0 saturated heterocycles. The molecule has 0 aliphatic rings. The smallest absolute Gasteiger partial charge is 0.247 e. The molecule has 0 fully saturated rings. The van der Waals surface area contributed by atoms with Gasteiger partial charge in [0.2, 0.25) is 31.5 Å². The molecule has 438 valence electrons. The molecule has 0 aromatic carbocycles. The number of hydrogen-bond acceptors (Lipinski definition) is 6. The van der Waals surface area contributed by atoms with Crippen molar-refractivity contribution >= 4 is 101 Å². The molecule has 0 aliphatic carbocycles.